The summed E-state index contributed by atoms with van der Waals surface area (Å²) >= 11 is 0. The van der Waals surface area contributed by atoms with Crippen LogP contribution in [0.5, 0.6) is 0 Å². The van der Waals surface area contributed by atoms with Gasteiger partial charge in [-0.05, 0) is 31.0 Å². The van der Waals surface area contributed by atoms with Crippen molar-refractivity contribution in [3.8, 4) is 6.07 Å². The van der Waals surface area contributed by atoms with Crippen LogP contribution in [0.25, 0.3) is 11.0 Å². The molecular formula is C15H17N3O2S. The molecule has 0 amide bonds. The number of aromatic nitrogens is 2. The summed E-state index contributed by atoms with van der Waals surface area (Å²) < 4.78 is 25.6. The third-order valence-corrected chi connectivity index (χ3v) is 5.72. The number of aryl methyl sites for hydroxylation is 1. The molecular weight excluding hydrogens is 286 g/mol. The fraction of sp³-hybridized carbons (Fsp3) is 0.467. The number of nitriles is 1. The summed E-state index contributed by atoms with van der Waals surface area (Å²) in [4.78, 5) is 4.63. The maximum absolute atomic E-state index is 11.7. The Balaban J connectivity index is 2.13. The van der Waals surface area contributed by atoms with Crippen molar-refractivity contribution in [3.05, 3.63) is 29.6 Å². The zero-order chi connectivity index (χ0) is 15.0. The molecule has 0 N–H and O–H groups in total. The van der Waals surface area contributed by atoms with E-state index in [0.717, 1.165) is 29.8 Å². The third kappa shape index (κ3) is 2.54. The summed E-state index contributed by atoms with van der Waals surface area (Å²) in [5.41, 5.74) is 2.34. The lowest BCUT2D eigenvalue weighted by Crippen LogP contribution is -2.11. The van der Waals surface area contributed by atoms with Gasteiger partial charge in [-0.25, -0.2) is 13.4 Å². The molecule has 0 aliphatic carbocycles. The predicted octanol–water partition coefficient (Wildman–Crippen LogP) is 2.22. The van der Waals surface area contributed by atoms with Crippen LogP contribution in [0, 0.1) is 11.3 Å². The minimum Gasteiger partial charge on any atom is -0.328 e. The molecule has 1 atom stereocenters. The number of rotatable bonds is 3. The first-order chi connectivity index (χ1) is 10.0. The summed E-state index contributed by atoms with van der Waals surface area (Å²) in [7, 11) is -2.93. The number of benzene rings is 1. The number of sulfone groups is 1. The van der Waals surface area contributed by atoms with Crippen molar-refractivity contribution < 1.29 is 8.42 Å². The molecule has 110 valence electrons. The molecule has 1 unspecified atom stereocenters. The highest BCUT2D eigenvalue weighted by molar-refractivity contribution is 7.91. The fourth-order valence-electron chi connectivity index (χ4n) is 2.99. The van der Waals surface area contributed by atoms with E-state index in [1.54, 1.807) is 12.1 Å². The lowest BCUT2D eigenvalue weighted by atomic mass is 10.1. The van der Waals surface area contributed by atoms with Gasteiger partial charge >= 0.3 is 0 Å². The highest BCUT2D eigenvalue weighted by Crippen LogP contribution is 2.31. The van der Waals surface area contributed by atoms with Gasteiger partial charge in [0, 0.05) is 12.5 Å². The molecule has 1 aromatic heterocycles. The van der Waals surface area contributed by atoms with Crippen LogP contribution < -0.4 is 0 Å². The second kappa shape index (κ2) is 5.15. The Hall–Kier alpha value is -1.87. The zero-order valence-corrected chi connectivity index (χ0v) is 12.7. The highest BCUT2D eigenvalue weighted by Gasteiger charge is 2.32. The predicted molar refractivity (Wildman–Crippen MR) is 80.8 cm³/mol. The Bertz CT molecular complexity index is 830. The Morgan fingerprint density at radius 1 is 1.48 bits per heavy atom. The molecule has 21 heavy (non-hydrogen) atoms. The van der Waals surface area contributed by atoms with Gasteiger partial charge < -0.3 is 4.57 Å². The van der Waals surface area contributed by atoms with Gasteiger partial charge in [-0.2, -0.15) is 5.26 Å². The number of hydrogen-bond donors (Lipinski definition) is 0. The molecule has 2 heterocycles. The van der Waals surface area contributed by atoms with E-state index in [1.807, 2.05) is 6.07 Å². The van der Waals surface area contributed by atoms with Crippen LogP contribution in [0.15, 0.2) is 18.2 Å². The first kappa shape index (κ1) is 14.1. The highest BCUT2D eigenvalue weighted by atomic mass is 32.2. The van der Waals surface area contributed by atoms with E-state index < -0.39 is 9.84 Å². The van der Waals surface area contributed by atoms with E-state index in [0.29, 0.717) is 12.0 Å². The van der Waals surface area contributed by atoms with Gasteiger partial charge in [0.15, 0.2) is 9.84 Å². The van der Waals surface area contributed by atoms with Crippen molar-refractivity contribution in [2.24, 2.45) is 0 Å². The molecule has 0 bridgehead atoms. The second-order valence-corrected chi connectivity index (χ2v) is 7.77. The van der Waals surface area contributed by atoms with E-state index >= 15 is 0 Å². The van der Waals surface area contributed by atoms with Crippen molar-refractivity contribution in [1.29, 1.82) is 5.26 Å². The smallest absolute Gasteiger partial charge is 0.151 e. The van der Waals surface area contributed by atoms with Crippen LogP contribution >= 0.6 is 0 Å². The van der Waals surface area contributed by atoms with Gasteiger partial charge in [-0.15, -0.1) is 0 Å². The largest absolute Gasteiger partial charge is 0.328 e. The lowest BCUT2D eigenvalue weighted by molar-refractivity contribution is 0.594. The van der Waals surface area contributed by atoms with Gasteiger partial charge in [0.1, 0.15) is 5.82 Å². The van der Waals surface area contributed by atoms with E-state index in [9.17, 15) is 8.42 Å². The monoisotopic (exact) mass is 303 g/mol. The maximum atomic E-state index is 11.7. The van der Waals surface area contributed by atoms with Crippen molar-refractivity contribution in [2.45, 2.75) is 32.2 Å². The molecule has 1 aromatic carbocycles. The van der Waals surface area contributed by atoms with E-state index in [1.165, 1.54) is 0 Å². The van der Waals surface area contributed by atoms with Gasteiger partial charge in [0.05, 0.1) is 34.2 Å². The summed E-state index contributed by atoms with van der Waals surface area (Å²) in [5.74, 6) is 1.25. The molecule has 1 aliphatic rings. The number of nitrogens with zero attached hydrogens (tertiary/aromatic N) is 3. The molecule has 1 fully saturated rings. The second-order valence-electron chi connectivity index (χ2n) is 5.54. The van der Waals surface area contributed by atoms with Crippen molar-refractivity contribution in [3.63, 3.8) is 0 Å². The molecule has 2 aromatic rings. The molecule has 0 radical (unpaired) electrons. The van der Waals surface area contributed by atoms with Gasteiger partial charge in [0.25, 0.3) is 0 Å². The Morgan fingerprint density at radius 3 is 2.90 bits per heavy atom. The number of fused-ring (bicyclic) bond motifs is 1. The maximum Gasteiger partial charge on any atom is 0.151 e. The van der Waals surface area contributed by atoms with Crippen LogP contribution in [-0.4, -0.2) is 29.5 Å². The van der Waals surface area contributed by atoms with E-state index in [-0.39, 0.29) is 17.4 Å². The van der Waals surface area contributed by atoms with Crippen molar-refractivity contribution in [2.75, 3.05) is 11.5 Å². The molecule has 5 nitrogen and oxygen atoms in total. The molecule has 1 saturated heterocycles. The van der Waals surface area contributed by atoms with Crippen LogP contribution in [0.4, 0.5) is 0 Å². The summed E-state index contributed by atoms with van der Waals surface area (Å²) in [6, 6.07) is 7.58. The number of hydrogen-bond acceptors (Lipinski definition) is 4. The molecule has 0 saturated carbocycles. The molecule has 6 heteroatoms. The minimum absolute atomic E-state index is 0.0283. The van der Waals surface area contributed by atoms with Crippen molar-refractivity contribution >= 4 is 20.9 Å². The van der Waals surface area contributed by atoms with E-state index in [2.05, 4.69) is 22.5 Å². The fourth-order valence-corrected chi connectivity index (χ4v) is 4.73. The average Bonchev–Trinajstić information content (AvgIpc) is 2.99. The summed E-state index contributed by atoms with van der Waals surface area (Å²) in [5, 5.41) is 8.99. The van der Waals surface area contributed by atoms with Crippen LogP contribution in [0.1, 0.15) is 37.1 Å². The Kier molecular flexibility index (Phi) is 3.46. The lowest BCUT2D eigenvalue weighted by Gasteiger charge is -2.11. The molecule has 1 aliphatic heterocycles. The van der Waals surface area contributed by atoms with Crippen LogP contribution in [-0.2, 0) is 16.4 Å². The quantitative estimate of drug-likeness (QED) is 0.871. The summed E-state index contributed by atoms with van der Waals surface area (Å²) in [6.07, 6.45) is 1.60. The number of imidazole rings is 1. The first-order valence-corrected chi connectivity index (χ1v) is 8.97. The minimum atomic E-state index is -2.93. The van der Waals surface area contributed by atoms with Gasteiger partial charge in [-0.3, -0.25) is 0 Å². The van der Waals surface area contributed by atoms with Gasteiger partial charge in [0.2, 0.25) is 0 Å². The molecule has 0 spiro atoms. The molecule has 3 rings (SSSR count). The van der Waals surface area contributed by atoms with Crippen LogP contribution in [0.2, 0.25) is 0 Å². The van der Waals surface area contributed by atoms with E-state index in [4.69, 9.17) is 5.26 Å². The normalized spacial score (nSPS) is 20.7. The average molecular weight is 303 g/mol. The first-order valence-electron chi connectivity index (χ1n) is 7.15. The van der Waals surface area contributed by atoms with Gasteiger partial charge in [-0.1, -0.05) is 6.92 Å². The zero-order valence-electron chi connectivity index (χ0n) is 11.9. The SMILES string of the molecule is CCCn1c(C2CCS(=O)(=O)C2)nc2cc(C#N)ccc21. The Labute approximate surface area is 124 Å². The van der Waals surface area contributed by atoms with Crippen LogP contribution in [0.3, 0.4) is 0 Å². The topological polar surface area (TPSA) is 75.8 Å². The standard InChI is InChI=1S/C15H17N3O2S/c1-2-6-18-14-4-3-11(9-16)8-13(14)17-15(18)12-5-7-21(19,20)10-12/h3-4,8,12H,2,5-7,10H2,1H3. The summed E-state index contributed by atoms with van der Waals surface area (Å²) in [6.45, 7) is 2.90. The van der Waals surface area contributed by atoms with Crippen molar-refractivity contribution in [1.82, 2.24) is 9.55 Å². The third-order valence-electron chi connectivity index (χ3n) is 3.95. The Morgan fingerprint density at radius 2 is 2.29 bits per heavy atom.